The van der Waals surface area contributed by atoms with Crippen LogP contribution in [-0.2, 0) is 6.54 Å². The molecule has 2 aliphatic heterocycles. The summed E-state index contributed by atoms with van der Waals surface area (Å²) in [4.78, 5) is 31.7. The quantitative estimate of drug-likeness (QED) is 0.771. The molecule has 2 aromatic rings. The number of anilines is 1. The van der Waals surface area contributed by atoms with Crippen LogP contribution in [0.5, 0.6) is 0 Å². The van der Waals surface area contributed by atoms with E-state index in [1.54, 1.807) is 17.0 Å². The van der Waals surface area contributed by atoms with E-state index in [0.717, 1.165) is 12.1 Å². The Morgan fingerprint density at radius 1 is 0.969 bits per heavy atom. The van der Waals surface area contributed by atoms with Crippen molar-refractivity contribution in [3.63, 3.8) is 0 Å². The SMILES string of the molecule is CC1(C)CN(C(=O)NCc2ccccc2)CC2CN(C(=O)Nc3ccc(F)cc3)CCN21. The van der Waals surface area contributed by atoms with E-state index in [2.05, 4.69) is 29.4 Å². The second-order valence-electron chi connectivity index (χ2n) is 9.07. The first-order valence-corrected chi connectivity index (χ1v) is 11.0. The lowest BCUT2D eigenvalue weighted by Gasteiger charge is -2.55. The van der Waals surface area contributed by atoms with Gasteiger partial charge in [0.05, 0.1) is 0 Å². The maximum absolute atomic E-state index is 13.1. The predicted molar refractivity (Wildman–Crippen MR) is 122 cm³/mol. The Labute approximate surface area is 188 Å². The first-order chi connectivity index (χ1) is 15.3. The summed E-state index contributed by atoms with van der Waals surface area (Å²) in [5.74, 6) is -0.341. The lowest BCUT2D eigenvalue weighted by atomic mass is 9.93. The molecule has 0 aliphatic carbocycles. The van der Waals surface area contributed by atoms with Gasteiger partial charge < -0.3 is 20.4 Å². The van der Waals surface area contributed by atoms with Crippen LogP contribution in [0.4, 0.5) is 19.7 Å². The van der Waals surface area contributed by atoms with Gasteiger partial charge in [0.2, 0.25) is 0 Å². The fraction of sp³-hybridized carbons (Fsp3) is 0.417. The normalized spacial score (nSPS) is 20.4. The molecule has 32 heavy (non-hydrogen) atoms. The number of benzene rings is 2. The standard InChI is InChI=1S/C24H30FN5O2/c1-24(2)17-29(22(31)26-14-18-6-4-3-5-7-18)16-21-15-28(12-13-30(21)24)23(32)27-20-10-8-19(25)9-11-20/h3-11,21H,12-17H2,1-2H3,(H,26,31)(H,27,32). The van der Waals surface area contributed by atoms with Gasteiger partial charge in [-0.05, 0) is 43.7 Å². The summed E-state index contributed by atoms with van der Waals surface area (Å²) >= 11 is 0. The zero-order chi connectivity index (χ0) is 22.7. The van der Waals surface area contributed by atoms with E-state index < -0.39 is 0 Å². The Morgan fingerprint density at radius 3 is 2.38 bits per heavy atom. The van der Waals surface area contributed by atoms with E-state index in [-0.39, 0.29) is 29.5 Å². The van der Waals surface area contributed by atoms with Crippen LogP contribution in [0.3, 0.4) is 0 Å². The van der Waals surface area contributed by atoms with Crippen molar-refractivity contribution >= 4 is 17.7 Å². The van der Waals surface area contributed by atoms with Gasteiger partial charge in [-0.3, -0.25) is 4.90 Å². The van der Waals surface area contributed by atoms with Crippen LogP contribution in [0.15, 0.2) is 54.6 Å². The average Bonchev–Trinajstić information content (AvgIpc) is 2.78. The summed E-state index contributed by atoms with van der Waals surface area (Å²) < 4.78 is 13.1. The van der Waals surface area contributed by atoms with Crippen molar-refractivity contribution in [3.8, 4) is 0 Å². The molecule has 0 spiro atoms. The van der Waals surface area contributed by atoms with E-state index in [0.29, 0.717) is 38.4 Å². The van der Waals surface area contributed by atoms with Gasteiger partial charge in [0, 0.05) is 56.5 Å². The fourth-order valence-corrected chi connectivity index (χ4v) is 4.65. The molecule has 1 unspecified atom stereocenters. The monoisotopic (exact) mass is 439 g/mol. The summed E-state index contributed by atoms with van der Waals surface area (Å²) in [5, 5.41) is 5.85. The molecule has 0 bridgehead atoms. The molecule has 8 heteroatoms. The third-order valence-corrected chi connectivity index (χ3v) is 6.23. The molecule has 2 saturated heterocycles. The van der Waals surface area contributed by atoms with Crippen molar-refractivity contribution in [2.45, 2.75) is 32.0 Å². The second kappa shape index (κ2) is 9.16. The van der Waals surface area contributed by atoms with Gasteiger partial charge in [-0.2, -0.15) is 0 Å². The van der Waals surface area contributed by atoms with E-state index in [9.17, 15) is 14.0 Å². The number of urea groups is 2. The molecule has 4 rings (SSSR count). The van der Waals surface area contributed by atoms with Crippen molar-refractivity contribution in [1.29, 1.82) is 0 Å². The van der Waals surface area contributed by atoms with Crippen molar-refractivity contribution in [2.75, 3.05) is 38.0 Å². The Kier molecular flexibility index (Phi) is 6.32. The first kappa shape index (κ1) is 22.1. The molecule has 2 aromatic carbocycles. The van der Waals surface area contributed by atoms with Crippen molar-refractivity contribution in [2.24, 2.45) is 0 Å². The molecule has 1 atom stereocenters. The highest BCUT2D eigenvalue weighted by atomic mass is 19.1. The minimum Gasteiger partial charge on any atom is -0.334 e. The number of carbonyl (C=O) groups is 2. The molecule has 170 valence electrons. The van der Waals surface area contributed by atoms with Gasteiger partial charge in [0.25, 0.3) is 0 Å². The van der Waals surface area contributed by atoms with Gasteiger partial charge in [-0.1, -0.05) is 30.3 Å². The molecular weight excluding hydrogens is 409 g/mol. The third kappa shape index (κ3) is 5.02. The Morgan fingerprint density at radius 2 is 1.66 bits per heavy atom. The van der Waals surface area contributed by atoms with Crippen molar-refractivity contribution in [1.82, 2.24) is 20.0 Å². The summed E-state index contributed by atoms with van der Waals surface area (Å²) in [6, 6.07) is 15.3. The summed E-state index contributed by atoms with van der Waals surface area (Å²) in [6.07, 6.45) is 0. The topological polar surface area (TPSA) is 67.9 Å². The summed E-state index contributed by atoms with van der Waals surface area (Å²) in [7, 11) is 0. The number of hydrogen-bond acceptors (Lipinski definition) is 3. The number of rotatable bonds is 3. The third-order valence-electron chi connectivity index (χ3n) is 6.23. The minimum absolute atomic E-state index is 0.0499. The van der Waals surface area contributed by atoms with Crippen LogP contribution in [-0.4, -0.2) is 71.1 Å². The van der Waals surface area contributed by atoms with Crippen LogP contribution in [0.2, 0.25) is 0 Å². The highest BCUT2D eigenvalue weighted by Crippen LogP contribution is 2.28. The van der Waals surface area contributed by atoms with Gasteiger partial charge in [0.15, 0.2) is 0 Å². The molecule has 0 saturated carbocycles. The number of hydrogen-bond donors (Lipinski definition) is 2. The molecule has 2 heterocycles. The van der Waals surface area contributed by atoms with Gasteiger partial charge in [-0.15, -0.1) is 0 Å². The number of halogens is 1. The van der Waals surface area contributed by atoms with Crippen LogP contribution < -0.4 is 10.6 Å². The first-order valence-electron chi connectivity index (χ1n) is 11.0. The molecule has 4 amide bonds. The average molecular weight is 440 g/mol. The van der Waals surface area contributed by atoms with Gasteiger partial charge in [0.1, 0.15) is 5.82 Å². The Hall–Kier alpha value is -3.13. The highest BCUT2D eigenvalue weighted by molar-refractivity contribution is 5.89. The zero-order valence-electron chi connectivity index (χ0n) is 18.6. The number of amides is 4. The molecular formula is C24H30FN5O2. The lowest BCUT2D eigenvalue weighted by Crippen LogP contribution is -2.71. The molecule has 0 radical (unpaired) electrons. The number of fused-ring (bicyclic) bond motifs is 1. The molecule has 2 N–H and O–H groups in total. The maximum Gasteiger partial charge on any atom is 0.321 e. The minimum atomic E-state index is -0.341. The van der Waals surface area contributed by atoms with Crippen LogP contribution in [0.1, 0.15) is 19.4 Å². The summed E-state index contributed by atoms with van der Waals surface area (Å²) in [5.41, 5.74) is 1.43. The zero-order valence-corrected chi connectivity index (χ0v) is 18.6. The number of nitrogens with zero attached hydrogens (tertiary/aromatic N) is 3. The number of piperazine rings is 2. The Balaban J connectivity index is 1.38. The predicted octanol–water partition coefficient (Wildman–Crippen LogP) is 3.35. The van der Waals surface area contributed by atoms with E-state index in [4.69, 9.17) is 0 Å². The van der Waals surface area contributed by atoms with E-state index in [1.807, 2.05) is 35.2 Å². The fourth-order valence-electron chi connectivity index (χ4n) is 4.65. The van der Waals surface area contributed by atoms with Crippen LogP contribution in [0, 0.1) is 5.82 Å². The van der Waals surface area contributed by atoms with Crippen LogP contribution in [0.25, 0.3) is 0 Å². The summed E-state index contributed by atoms with van der Waals surface area (Å²) in [6.45, 7) is 7.84. The maximum atomic E-state index is 13.1. The second-order valence-corrected chi connectivity index (χ2v) is 9.07. The molecule has 2 fully saturated rings. The number of carbonyl (C=O) groups excluding carboxylic acids is 2. The molecule has 0 aromatic heterocycles. The number of nitrogens with one attached hydrogen (secondary N) is 2. The van der Waals surface area contributed by atoms with E-state index in [1.165, 1.54) is 12.1 Å². The molecule has 2 aliphatic rings. The Bertz CT molecular complexity index is 951. The van der Waals surface area contributed by atoms with Crippen LogP contribution >= 0.6 is 0 Å². The smallest absolute Gasteiger partial charge is 0.321 e. The van der Waals surface area contributed by atoms with Crippen molar-refractivity contribution < 1.29 is 14.0 Å². The van der Waals surface area contributed by atoms with Gasteiger partial charge >= 0.3 is 12.1 Å². The highest BCUT2D eigenvalue weighted by Gasteiger charge is 2.44. The van der Waals surface area contributed by atoms with E-state index >= 15 is 0 Å². The largest absolute Gasteiger partial charge is 0.334 e. The van der Waals surface area contributed by atoms with Gasteiger partial charge in [-0.25, -0.2) is 14.0 Å². The van der Waals surface area contributed by atoms with Crippen molar-refractivity contribution in [3.05, 3.63) is 66.0 Å². The lowest BCUT2D eigenvalue weighted by molar-refractivity contribution is -0.0427. The molecule has 7 nitrogen and oxygen atoms in total.